The van der Waals surface area contributed by atoms with Gasteiger partial charge in [-0.2, -0.15) is 0 Å². The molecule has 0 saturated heterocycles. The summed E-state index contributed by atoms with van der Waals surface area (Å²) >= 11 is 0. The van der Waals surface area contributed by atoms with Gasteiger partial charge in [-0.3, -0.25) is 0 Å². The third-order valence-electron chi connectivity index (χ3n) is 1.70. The van der Waals surface area contributed by atoms with E-state index in [1.165, 1.54) is 0 Å². The van der Waals surface area contributed by atoms with Crippen molar-refractivity contribution >= 4 is 13.3 Å². The van der Waals surface area contributed by atoms with Gasteiger partial charge in [-0.1, -0.05) is 23.7 Å². The molecule has 3 heteroatoms. The predicted octanol–water partition coefficient (Wildman–Crippen LogP) is -1.07. The van der Waals surface area contributed by atoms with E-state index in [2.05, 4.69) is 0 Å². The molecule has 0 heterocycles. The Morgan fingerprint density at radius 3 is 2.27 bits per heavy atom. The SMILES string of the molecule is Bc1ccc(CO)c(CO)c1. The van der Waals surface area contributed by atoms with Crippen LogP contribution in [0.5, 0.6) is 0 Å². The van der Waals surface area contributed by atoms with Crippen LogP contribution in [0.25, 0.3) is 0 Å². The van der Waals surface area contributed by atoms with Crippen LogP contribution in [0.3, 0.4) is 0 Å². The van der Waals surface area contributed by atoms with Crippen molar-refractivity contribution in [2.45, 2.75) is 13.2 Å². The van der Waals surface area contributed by atoms with E-state index in [0.29, 0.717) is 0 Å². The van der Waals surface area contributed by atoms with Gasteiger partial charge in [-0.25, -0.2) is 0 Å². The van der Waals surface area contributed by atoms with Gasteiger partial charge in [0.2, 0.25) is 0 Å². The Balaban J connectivity index is 3.06. The summed E-state index contributed by atoms with van der Waals surface area (Å²) in [6.07, 6.45) is 0. The summed E-state index contributed by atoms with van der Waals surface area (Å²) in [6.45, 7) is -0.00620. The monoisotopic (exact) mass is 150 g/mol. The van der Waals surface area contributed by atoms with Gasteiger partial charge >= 0.3 is 0 Å². The molecule has 2 nitrogen and oxygen atoms in total. The van der Waals surface area contributed by atoms with Crippen molar-refractivity contribution in [3.05, 3.63) is 29.3 Å². The zero-order valence-electron chi connectivity index (χ0n) is 6.54. The fourth-order valence-corrected chi connectivity index (χ4v) is 1.06. The molecule has 0 unspecified atom stereocenters. The van der Waals surface area contributed by atoms with E-state index in [4.69, 9.17) is 10.2 Å². The highest BCUT2D eigenvalue weighted by Crippen LogP contribution is 2.05. The average Bonchev–Trinajstić information content (AvgIpc) is 2.04. The van der Waals surface area contributed by atoms with Crippen molar-refractivity contribution in [2.24, 2.45) is 0 Å². The molecule has 0 aliphatic heterocycles. The molecule has 0 saturated carbocycles. The number of hydrogen-bond donors (Lipinski definition) is 2. The predicted molar refractivity (Wildman–Crippen MR) is 46.5 cm³/mol. The third kappa shape index (κ3) is 1.82. The maximum absolute atomic E-state index is 8.86. The third-order valence-corrected chi connectivity index (χ3v) is 1.70. The molecule has 11 heavy (non-hydrogen) atoms. The molecule has 0 radical (unpaired) electrons. The minimum Gasteiger partial charge on any atom is -0.392 e. The van der Waals surface area contributed by atoms with E-state index in [0.717, 1.165) is 16.6 Å². The van der Waals surface area contributed by atoms with Crippen LogP contribution in [0.15, 0.2) is 18.2 Å². The highest BCUT2D eigenvalue weighted by Gasteiger charge is 1.98. The lowest BCUT2D eigenvalue weighted by Crippen LogP contribution is -2.05. The molecule has 0 fully saturated rings. The summed E-state index contributed by atoms with van der Waals surface area (Å²) in [6, 6.07) is 5.64. The van der Waals surface area contributed by atoms with Crippen molar-refractivity contribution in [3.63, 3.8) is 0 Å². The van der Waals surface area contributed by atoms with Crippen LogP contribution in [-0.4, -0.2) is 18.1 Å². The molecule has 0 amide bonds. The lowest BCUT2D eigenvalue weighted by molar-refractivity contribution is 0.260. The van der Waals surface area contributed by atoms with E-state index < -0.39 is 0 Å². The molecule has 1 rings (SSSR count). The normalized spacial score (nSPS) is 10.0. The Bertz CT molecular complexity index is 248. The minimum atomic E-state index is -0.00380. The average molecular weight is 150 g/mol. The Labute approximate surface area is 66.9 Å². The fraction of sp³-hybridized carbons (Fsp3) is 0.250. The fourth-order valence-electron chi connectivity index (χ4n) is 1.06. The van der Waals surface area contributed by atoms with Crippen molar-refractivity contribution in [1.82, 2.24) is 0 Å². The van der Waals surface area contributed by atoms with E-state index >= 15 is 0 Å². The van der Waals surface area contributed by atoms with Crippen molar-refractivity contribution in [3.8, 4) is 0 Å². The van der Waals surface area contributed by atoms with Gasteiger partial charge in [-0.15, -0.1) is 0 Å². The molecule has 2 N–H and O–H groups in total. The van der Waals surface area contributed by atoms with Gasteiger partial charge in [0, 0.05) is 0 Å². The zero-order valence-corrected chi connectivity index (χ0v) is 6.54. The summed E-state index contributed by atoms with van der Waals surface area (Å²) in [5.41, 5.74) is 2.72. The maximum atomic E-state index is 8.86. The Morgan fingerprint density at radius 1 is 1.09 bits per heavy atom. The molecule has 0 aromatic heterocycles. The largest absolute Gasteiger partial charge is 0.392 e. The summed E-state index contributed by atoms with van der Waals surface area (Å²) < 4.78 is 0. The first-order valence-corrected chi connectivity index (χ1v) is 3.58. The quantitative estimate of drug-likeness (QED) is 0.527. The summed E-state index contributed by atoms with van der Waals surface area (Å²) in [5.74, 6) is 0. The van der Waals surface area contributed by atoms with E-state index in [1.807, 2.05) is 26.0 Å². The van der Waals surface area contributed by atoms with E-state index in [9.17, 15) is 0 Å². The summed E-state index contributed by atoms with van der Waals surface area (Å²) in [7, 11) is 1.96. The van der Waals surface area contributed by atoms with E-state index in [1.54, 1.807) is 0 Å². The molecule has 1 aromatic rings. The molecule has 0 aliphatic rings. The number of rotatable bonds is 2. The molecular formula is C8H11BO2. The van der Waals surface area contributed by atoms with Gasteiger partial charge in [0.15, 0.2) is 0 Å². The first-order chi connectivity index (χ1) is 5.27. The Kier molecular flexibility index (Phi) is 2.68. The molecule has 0 atom stereocenters. The molecule has 0 bridgehead atoms. The first kappa shape index (κ1) is 8.30. The highest BCUT2D eigenvalue weighted by atomic mass is 16.3. The van der Waals surface area contributed by atoms with Crippen LogP contribution < -0.4 is 5.46 Å². The topological polar surface area (TPSA) is 40.5 Å². The molecule has 1 aromatic carbocycles. The van der Waals surface area contributed by atoms with Crippen molar-refractivity contribution in [1.29, 1.82) is 0 Å². The molecule has 0 spiro atoms. The maximum Gasteiger partial charge on any atom is 0.139 e. The second-order valence-corrected chi connectivity index (χ2v) is 2.59. The number of aliphatic hydroxyl groups is 2. The highest BCUT2D eigenvalue weighted by molar-refractivity contribution is 6.32. The minimum absolute atomic E-state index is 0.00241. The molecule has 58 valence electrons. The Morgan fingerprint density at radius 2 is 1.73 bits per heavy atom. The van der Waals surface area contributed by atoms with Crippen LogP contribution in [0.2, 0.25) is 0 Å². The van der Waals surface area contributed by atoms with Crippen molar-refractivity contribution < 1.29 is 10.2 Å². The van der Waals surface area contributed by atoms with Crippen LogP contribution >= 0.6 is 0 Å². The second-order valence-electron chi connectivity index (χ2n) is 2.59. The summed E-state index contributed by atoms with van der Waals surface area (Å²) in [5, 5.41) is 17.7. The van der Waals surface area contributed by atoms with E-state index in [-0.39, 0.29) is 13.2 Å². The van der Waals surface area contributed by atoms with Crippen LogP contribution in [0.1, 0.15) is 11.1 Å². The van der Waals surface area contributed by atoms with Crippen molar-refractivity contribution in [2.75, 3.05) is 0 Å². The van der Waals surface area contributed by atoms with Gasteiger partial charge in [0.25, 0.3) is 0 Å². The lowest BCUT2D eigenvalue weighted by Gasteiger charge is -2.04. The standard InChI is InChI=1S/C8H11BO2/c9-8-2-1-6(4-10)7(3-8)5-11/h1-3,10-11H,4-5,9H2. The molecule has 0 aliphatic carbocycles. The zero-order chi connectivity index (χ0) is 8.27. The smallest absolute Gasteiger partial charge is 0.139 e. The lowest BCUT2D eigenvalue weighted by atomic mass is 9.92. The second kappa shape index (κ2) is 3.55. The Hall–Kier alpha value is -0.795. The van der Waals surface area contributed by atoms with Gasteiger partial charge in [0.05, 0.1) is 13.2 Å². The van der Waals surface area contributed by atoms with Crippen LogP contribution in [-0.2, 0) is 13.2 Å². The number of benzene rings is 1. The van der Waals surface area contributed by atoms with Crippen LogP contribution in [0, 0.1) is 0 Å². The van der Waals surface area contributed by atoms with Crippen LogP contribution in [0.4, 0.5) is 0 Å². The van der Waals surface area contributed by atoms with Gasteiger partial charge in [0.1, 0.15) is 7.85 Å². The van der Waals surface area contributed by atoms with Gasteiger partial charge < -0.3 is 10.2 Å². The number of hydrogen-bond acceptors (Lipinski definition) is 2. The number of aliphatic hydroxyl groups excluding tert-OH is 2. The first-order valence-electron chi connectivity index (χ1n) is 3.58. The summed E-state index contributed by atoms with van der Waals surface area (Å²) in [4.78, 5) is 0. The molecular weight excluding hydrogens is 139 g/mol. The van der Waals surface area contributed by atoms with Gasteiger partial charge in [-0.05, 0) is 11.1 Å².